The third-order valence-electron chi connectivity index (χ3n) is 3.81. The summed E-state index contributed by atoms with van der Waals surface area (Å²) in [6.45, 7) is 3.21. The number of para-hydroxylation sites is 1. The molecule has 1 amide bonds. The Bertz CT molecular complexity index is 527. The van der Waals surface area contributed by atoms with Crippen molar-refractivity contribution >= 4 is 17.3 Å². The summed E-state index contributed by atoms with van der Waals surface area (Å²) in [5.74, 6) is 0.309. The van der Waals surface area contributed by atoms with Gasteiger partial charge in [-0.25, -0.2) is 0 Å². The SMILES string of the molecule is CCCNc1c(C(=O)NCC2CCC2)cccc1[N+](=O)[O-]. The van der Waals surface area contributed by atoms with Crippen LogP contribution in [0.4, 0.5) is 11.4 Å². The van der Waals surface area contributed by atoms with E-state index in [1.54, 1.807) is 12.1 Å². The second kappa shape index (κ2) is 7.06. The highest BCUT2D eigenvalue weighted by molar-refractivity contribution is 6.01. The van der Waals surface area contributed by atoms with E-state index >= 15 is 0 Å². The summed E-state index contributed by atoms with van der Waals surface area (Å²) in [6.07, 6.45) is 4.35. The Balaban J connectivity index is 2.16. The van der Waals surface area contributed by atoms with Gasteiger partial charge in [-0.3, -0.25) is 14.9 Å². The number of nitrogens with zero attached hydrogens (tertiary/aromatic N) is 1. The molecule has 1 saturated carbocycles. The van der Waals surface area contributed by atoms with Crippen LogP contribution in [0.15, 0.2) is 18.2 Å². The molecule has 6 heteroatoms. The topological polar surface area (TPSA) is 84.3 Å². The van der Waals surface area contributed by atoms with Gasteiger partial charge in [-0.1, -0.05) is 19.4 Å². The Kier molecular flexibility index (Phi) is 5.14. The first-order valence-corrected chi connectivity index (χ1v) is 7.43. The maximum absolute atomic E-state index is 12.3. The molecular weight excluding hydrogens is 270 g/mol. The predicted molar refractivity (Wildman–Crippen MR) is 81.6 cm³/mol. The highest BCUT2D eigenvalue weighted by Gasteiger charge is 2.23. The number of benzene rings is 1. The molecule has 0 radical (unpaired) electrons. The summed E-state index contributed by atoms with van der Waals surface area (Å²) in [5, 5.41) is 17.0. The first-order valence-electron chi connectivity index (χ1n) is 7.43. The van der Waals surface area contributed by atoms with E-state index in [-0.39, 0.29) is 11.6 Å². The Morgan fingerprint density at radius 3 is 2.76 bits per heavy atom. The van der Waals surface area contributed by atoms with E-state index < -0.39 is 4.92 Å². The number of hydrogen-bond donors (Lipinski definition) is 2. The summed E-state index contributed by atoms with van der Waals surface area (Å²) in [7, 11) is 0. The van der Waals surface area contributed by atoms with Crippen LogP contribution < -0.4 is 10.6 Å². The zero-order chi connectivity index (χ0) is 15.2. The van der Waals surface area contributed by atoms with Gasteiger partial charge in [-0.05, 0) is 31.2 Å². The lowest BCUT2D eigenvalue weighted by atomic mass is 9.85. The highest BCUT2D eigenvalue weighted by atomic mass is 16.6. The minimum absolute atomic E-state index is 0.0558. The molecule has 6 nitrogen and oxygen atoms in total. The quantitative estimate of drug-likeness (QED) is 0.597. The molecule has 0 aromatic heterocycles. The maximum Gasteiger partial charge on any atom is 0.293 e. The lowest BCUT2D eigenvalue weighted by Gasteiger charge is -2.25. The molecule has 1 aliphatic carbocycles. The lowest BCUT2D eigenvalue weighted by molar-refractivity contribution is -0.384. The molecule has 114 valence electrons. The average Bonchev–Trinajstić information content (AvgIpc) is 2.42. The summed E-state index contributed by atoms with van der Waals surface area (Å²) in [5.41, 5.74) is 0.604. The van der Waals surface area contributed by atoms with Crippen molar-refractivity contribution in [2.45, 2.75) is 32.6 Å². The van der Waals surface area contributed by atoms with Crippen LogP contribution in [-0.2, 0) is 0 Å². The average molecular weight is 291 g/mol. The van der Waals surface area contributed by atoms with Crippen molar-refractivity contribution in [2.75, 3.05) is 18.4 Å². The van der Waals surface area contributed by atoms with E-state index in [2.05, 4.69) is 10.6 Å². The minimum Gasteiger partial charge on any atom is -0.379 e. The fourth-order valence-electron chi connectivity index (χ4n) is 2.35. The van der Waals surface area contributed by atoms with Gasteiger partial charge in [0, 0.05) is 19.2 Å². The zero-order valence-corrected chi connectivity index (χ0v) is 12.2. The largest absolute Gasteiger partial charge is 0.379 e. The van der Waals surface area contributed by atoms with E-state index in [0.29, 0.717) is 30.3 Å². The third-order valence-corrected chi connectivity index (χ3v) is 3.81. The van der Waals surface area contributed by atoms with Gasteiger partial charge in [0.05, 0.1) is 10.5 Å². The van der Waals surface area contributed by atoms with Gasteiger partial charge in [0.2, 0.25) is 0 Å². The van der Waals surface area contributed by atoms with E-state index in [1.807, 2.05) is 6.92 Å². The van der Waals surface area contributed by atoms with Gasteiger partial charge < -0.3 is 10.6 Å². The van der Waals surface area contributed by atoms with Crippen molar-refractivity contribution in [2.24, 2.45) is 5.92 Å². The summed E-state index contributed by atoms with van der Waals surface area (Å²) >= 11 is 0. The number of nitro groups is 1. The van der Waals surface area contributed by atoms with Crippen molar-refractivity contribution in [3.05, 3.63) is 33.9 Å². The predicted octanol–water partition coefficient (Wildman–Crippen LogP) is 2.95. The fourth-order valence-corrected chi connectivity index (χ4v) is 2.35. The number of nitro benzene ring substituents is 1. The Hall–Kier alpha value is -2.11. The Labute approximate surface area is 124 Å². The molecule has 0 unspecified atom stereocenters. The minimum atomic E-state index is -0.458. The van der Waals surface area contributed by atoms with Crippen molar-refractivity contribution < 1.29 is 9.72 Å². The van der Waals surface area contributed by atoms with Crippen LogP contribution in [0.3, 0.4) is 0 Å². The number of amides is 1. The van der Waals surface area contributed by atoms with Crippen LogP contribution >= 0.6 is 0 Å². The number of carbonyl (C=O) groups is 1. The van der Waals surface area contributed by atoms with Crippen LogP contribution in [0, 0.1) is 16.0 Å². The standard InChI is InChI=1S/C15H21N3O3/c1-2-9-16-14-12(7-4-8-13(14)18(20)21)15(19)17-10-11-5-3-6-11/h4,7-8,11,16H,2-3,5-6,9-10H2,1H3,(H,17,19). The van der Waals surface area contributed by atoms with Crippen molar-refractivity contribution in [1.82, 2.24) is 5.32 Å². The van der Waals surface area contributed by atoms with E-state index in [9.17, 15) is 14.9 Å². The van der Waals surface area contributed by atoms with Gasteiger partial charge in [0.25, 0.3) is 11.6 Å². The van der Waals surface area contributed by atoms with E-state index in [0.717, 1.165) is 19.3 Å². The molecule has 1 fully saturated rings. The van der Waals surface area contributed by atoms with E-state index in [4.69, 9.17) is 0 Å². The number of nitrogens with one attached hydrogen (secondary N) is 2. The molecule has 2 rings (SSSR count). The van der Waals surface area contributed by atoms with Crippen LogP contribution in [0.5, 0.6) is 0 Å². The van der Waals surface area contributed by atoms with Gasteiger partial charge in [0.15, 0.2) is 0 Å². The van der Waals surface area contributed by atoms with Gasteiger partial charge in [-0.15, -0.1) is 0 Å². The lowest BCUT2D eigenvalue weighted by Crippen LogP contribution is -2.32. The molecule has 2 N–H and O–H groups in total. The molecule has 1 aromatic carbocycles. The van der Waals surface area contributed by atoms with Gasteiger partial charge >= 0.3 is 0 Å². The molecule has 0 saturated heterocycles. The fraction of sp³-hybridized carbons (Fsp3) is 0.533. The number of anilines is 1. The summed E-state index contributed by atoms with van der Waals surface area (Å²) in [4.78, 5) is 22.9. The molecule has 0 bridgehead atoms. The van der Waals surface area contributed by atoms with Crippen LogP contribution in [0.1, 0.15) is 43.0 Å². The smallest absolute Gasteiger partial charge is 0.293 e. The Morgan fingerprint density at radius 1 is 1.43 bits per heavy atom. The van der Waals surface area contributed by atoms with Gasteiger partial charge in [-0.2, -0.15) is 0 Å². The van der Waals surface area contributed by atoms with Gasteiger partial charge in [0.1, 0.15) is 5.69 Å². The molecular formula is C15H21N3O3. The first-order chi connectivity index (χ1) is 10.1. The number of carbonyl (C=O) groups excluding carboxylic acids is 1. The van der Waals surface area contributed by atoms with Crippen molar-refractivity contribution in [3.63, 3.8) is 0 Å². The maximum atomic E-state index is 12.3. The number of rotatable bonds is 7. The van der Waals surface area contributed by atoms with Crippen LogP contribution in [0.25, 0.3) is 0 Å². The molecule has 0 aliphatic heterocycles. The van der Waals surface area contributed by atoms with Crippen molar-refractivity contribution in [1.29, 1.82) is 0 Å². The second-order valence-corrected chi connectivity index (χ2v) is 5.39. The molecule has 0 spiro atoms. The Morgan fingerprint density at radius 2 is 2.19 bits per heavy atom. The molecule has 1 aliphatic rings. The molecule has 0 heterocycles. The normalized spacial score (nSPS) is 14.3. The van der Waals surface area contributed by atoms with Crippen LogP contribution in [-0.4, -0.2) is 23.9 Å². The monoisotopic (exact) mass is 291 g/mol. The van der Waals surface area contributed by atoms with Crippen LogP contribution in [0.2, 0.25) is 0 Å². The summed E-state index contributed by atoms with van der Waals surface area (Å²) < 4.78 is 0. The molecule has 21 heavy (non-hydrogen) atoms. The molecule has 1 aromatic rings. The third kappa shape index (κ3) is 3.71. The number of hydrogen-bond acceptors (Lipinski definition) is 4. The van der Waals surface area contributed by atoms with Crippen molar-refractivity contribution in [3.8, 4) is 0 Å². The van der Waals surface area contributed by atoms with E-state index in [1.165, 1.54) is 12.5 Å². The summed E-state index contributed by atoms with van der Waals surface area (Å²) in [6, 6.07) is 4.59. The second-order valence-electron chi connectivity index (χ2n) is 5.39. The first kappa shape index (κ1) is 15.3. The molecule has 0 atom stereocenters. The zero-order valence-electron chi connectivity index (χ0n) is 12.2. The highest BCUT2D eigenvalue weighted by Crippen LogP contribution is 2.29.